The van der Waals surface area contributed by atoms with Crippen LogP contribution >= 0.6 is 0 Å². The van der Waals surface area contributed by atoms with E-state index in [0.717, 1.165) is 35.1 Å². The van der Waals surface area contributed by atoms with Crippen LogP contribution in [0.4, 0.5) is 13.2 Å². The number of hydrogen-bond donors (Lipinski definition) is 1. The van der Waals surface area contributed by atoms with E-state index in [1.165, 1.54) is 6.07 Å². The summed E-state index contributed by atoms with van der Waals surface area (Å²) >= 11 is 0. The zero-order valence-corrected chi connectivity index (χ0v) is 23.5. The van der Waals surface area contributed by atoms with Gasteiger partial charge in [0.25, 0.3) is 11.8 Å². The second-order valence-corrected chi connectivity index (χ2v) is 10.4. The number of hydrogen-bond acceptors (Lipinski definition) is 4. The highest BCUT2D eigenvalue weighted by atomic mass is 19.4. The Morgan fingerprint density at radius 2 is 1.78 bits per heavy atom. The lowest BCUT2D eigenvalue weighted by Crippen LogP contribution is -2.39. The van der Waals surface area contributed by atoms with E-state index in [0.29, 0.717) is 42.2 Å². The SMILES string of the molecule is C=C(C)N=C/C(=C\C)c1ccc(C(=O)N2CCC(Cn3cc4c(C)c(C(=O)NCC(F)(F)F)ccc4n3)CC2)cc1. The lowest BCUT2D eigenvalue weighted by Gasteiger charge is -2.32. The van der Waals surface area contributed by atoms with Gasteiger partial charge < -0.3 is 10.2 Å². The van der Waals surface area contributed by atoms with E-state index in [1.807, 2.05) is 65.3 Å². The van der Waals surface area contributed by atoms with Crippen LogP contribution in [-0.4, -0.2) is 58.5 Å². The van der Waals surface area contributed by atoms with Gasteiger partial charge in [0, 0.05) is 54.3 Å². The van der Waals surface area contributed by atoms with Crippen molar-refractivity contribution in [1.82, 2.24) is 20.0 Å². The van der Waals surface area contributed by atoms with Crippen LogP contribution in [0.3, 0.4) is 0 Å². The van der Waals surface area contributed by atoms with E-state index in [2.05, 4.69) is 16.7 Å². The molecular formula is C31H34F3N5O2. The first-order valence-electron chi connectivity index (χ1n) is 13.5. The number of nitrogens with zero attached hydrogens (tertiary/aromatic N) is 4. The molecule has 1 aromatic heterocycles. The van der Waals surface area contributed by atoms with Gasteiger partial charge in [-0.15, -0.1) is 0 Å². The number of benzene rings is 2. The smallest absolute Gasteiger partial charge is 0.343 e. The van der Waals surface area contributed by atoms with Crippen molar-refractivity contribution in [3.8, 4) is 0 Å². The zero-order chi connectivity index (χ0) is 29.7. The normalized spacial score (nSPS) is 15.1. The summed E-state index contributed by atoms with van der Waals surface area (Å²) in [4.78, 5) is 31.6. The largest absolute Gasteiger partial charge is 0.405 e. The molecule has 0 atom stereocenters. The number of nitrogens with one attached hydrogen (secondary N) is 1. The van der Waals surface area contributed by atoms with Gasteiger partial charge in [0.15, 0.2) is 0 Å². The molecule has 0 saturated carbocycles. The average molecular weight is 566 g/mol. The van der Waals surface area contributed by atoms with Crippen molar-refractivity contribution in [2.24, 2.45) is 10.9 Å². The summed E-state index contributed by atoms with van der Waals surface area (Å²) in [6.07, 6.45) is 2.74. The highest BCUT2D eigenvalue weighted by molar-refractivity contribution is 6.10. The van der Waals surface area contributed by atoms with Crippen LogP contribution in [0.25, 0.3) is 16.5 Å². The molecule has 1 fully saturated rings. The molecule has 10 heteroatoms. The fourth-order valence-electron chi connectivity index (χ4n) is 4.96. The number of alkyl halides is 3. The minimum absolute atomic E-state index is 0.00409. The summed E-state index contributed by atoms with van der Waals surface area (Å²) in [6.45, 7) is 9.82. The number of amides is 2. The van der Waals surface area contributed by atoms with E-state index in [9.17, 15) is 22.8 Å². The number of carbonyl (C=O) groups excluding carboxylic acids is 2. The number of allylic oxidation sites excluding steroid dienone is 3. The first-order chi connectivity index (χ1) is 19.4. The Morgan fingerprint density at radius 3 is 2.39 bits per heavy atom. The molecule has 216 valence electrons. The summed E-state index contributed by atoms with van der Waals surface area (Å²) in [7, 11) is 0. The van der Waals surface area contributed by atoms with Crippen LogP contribution < -0.4 is 5.32 Å². The maximum atomic E-state index is 13.1. The Balaban J connectivity index is 1.35. The van der Waals surface area contributed by atoms with Crippen molar-refractivity contribution >= 4 is 34.5 Å². The van der Waals surface area contributed by atoms with Gasteiger partial charge >= 0.3 is 6.18 Å². The minimum atomic E-state index is -4.47. The predicted octanol–water partition coefficient (Wildman–Crippen LogP) is 6.20. The molecule has 0 bridgehead atoms. The third-order valence-electron chi connectivity index (χ3n) is 7.25. The van der Waals surface area contributed by atoms with Gasteiger partial charge in [-0.2, -0.15) is 18.3 Å². The third-order valence-corrected chi connectivity index (χ3v) is 7.25. The van der Waals surface area contributed by atoms with Crippen molar-refractivity contribution in [3.05, 3.63) is 83.2 Å². The van der Waals surface area contributed by atoms with E-state index in [-0.39, 0.29) is 11.5 Å². The average Bonchev–Trinajstić information content (AvgIpc) is 3.35. The van der Waals surface area contributed by atoms with Gasteiger partial charge in [-0.1, -0.05) is 24.8 Å². The Bertz CT molecular complexity index is 1490. The highest BCUT2D eigenvalue weighted by Gasteiger charge is 2.28. The maximum absolute atomic E-state index is 13.1. The molecule has 1 N–H and O–H groups in total. The first kappa shape index (κ1) is 29.8. The number of aryl methyl sites for hydroxylation is 1. The number of carbonyl (C=O) groups is 2. The minimum Gasteiger partial charge on any atom is -0.343 e. The van der Waals surface area contributed by atoms with Crippen molar-refractivity contribution in [2.45, 2.75) is 46.3 Å². The quantitative estimate of drug-likeness (QED) is 0.331. The van der Waals surface area contributed by atoms with Crippen molar-refractivity contribution in [1.29, 1.82) is 0 Å². The predicted molar refractivity (Wildman–Crippen MR) is 155 cm³/mol. The molecule has 0 spiro atoms. The number of halogens is 3. The molecule has 1 saturated heterocycles. The summed E-state index contributed by atoms with van der Waals surface area (Å²) in [5.74, 6) is -0.445. The fraction of sp³-hybridized carbons (Fsp3) is 0.355. The summed E-state index contributed by atoms with van der Waals surface area (Å²) in [5.41, 5.74) is 4.75. The standard InChI is InChI=1S/C31H34F3N5O2/c1-5-23(16-35-20(2)3)24-6-8-25(9-7-24)30(41)38-14-12-22(13-15-38)17-39-18-27-21(4)26(10-11-28(27)37-39)29(40)36-19-31(32,33)34/h5-11,16,18,22H,2,12-15,17,19H2,1,3-4H3,(H,36,40)/b23-5+,35-16?. The van der Waals surface area contributed by atoms with E-state index in [4.69, 9.17) is 0 Å². The molecule has 2 amide bonds. The molecule has 7 nitrogen and oxygen atoms in total. The van der Waals surface area contributed by atoms with Crippen LogP contribution in [0.1, 0.15) is 58.5 Å². The molecule has 0 aliphatic carbocycles. The fourth-order valence-corrected chi connectivity index (χ4v) is 4.96. The third kappa shape index (κ3) is 7.50. The number of piperidine rings is 1. The number of likely N-dealkylation sites (tertiary alicyclic amines) is 1. The van der Waals surface area contributed by atoms with Crippen molar-refractivity contribution in [3.63, 3.8) is 0 Å². The van der Waals surface area contributed by atoms with Gasteiger partial charge in [0.2, 0.25) is 0 Å². The molecule has 2 heterocycles. The van der Waals surface area contributed by atoms with Gasteiger partial charge in [-0.05, 0) is 80.5 Å². The molecule has 4 rings (SSSR count). The Kier molecular flexibility index (Phi) is 9.10. The lowest BCUT2D eigenvalue weighted by molar-refractivity contribution is -0.123. The number of aliphatic imine (C=N–C) groups is 1. The molecular weight excluding hydrogens is 531 g/mol. The van der Waals surface area contributed by atoms with E-state index in [1.54, 1.807) is 19.2 Å². The zero-order valence-electron chi connectivity index (χ0n) is 23.5. The van der Waals surface area contributed by atoms with Gasteiger partial charge in [-0.3, -0.25) is 19.3 Å². The molecule has 1 aliphatic rings. The molecule has 0 unspecified atom stereocenters. The van der Waals surface area contributed by atoms with Crippen LogP contribution in [0.5, 0.6) is 0 Å². The van der Waals surface area contributed by atoms with Crippen molar-refractivity contribution < 1.29 is 22.8 Å². The van der Waals surface area contributed by atoms with Gasteiger partial charge in [-0.25, -0.2) is 0 Å². The van der Waals surface area contributed by atoms with Crippen molar-refractivity contribution in [2.75, 3.05) is 19.6 Å². The Morgan fingerprint density at radius 1 is 1.12 bits per heavy atom. The monoisotopic (exact) mass is 565 g/mol. The van der Waals surface area contributed by atoms with E-state index < -0.39 is 18.6 Å². The first-order valence-corrected chi connectivity index (χ1v) is 13.5. The molecule has 2 aromatic carbocycles. The van der Waals surface area contributed by atoms with Crippen LogP contribution in [0, 0.1) is 12.8 Å². The highest BCUT2D eigenvalue weighted by Crippen LogP contribution is 2.25. The lowest BCUT2D eigenvalue weighted by atomic mass is 9.96. The molecule has 3 aromatic rings. The number of rotatable bonds is 8. The van der Waals surface area contributed by atoms with E-state index >= 15 is 0 Å². The second-order valence-electron chi connectivity index (χ2n) is 10.4. The molecule has 1 aliphatic heterocycles. The Hall–Kier alpha value is -4.21. The summed E-state index contributed by atoms with van der Waals surface area (Å²) < 4.78 is 39.3. The van der Waals surface area contributed by atoms with Gasteiger partial charge in [0.1, 0.15) is 6.54 Å². The second kappa shape index (κ2) is 12.5. The van der Waals surface area contributed by atoms with Crippen LogP contribution in [0.15, 0.2) is 65.9 Å². The topological polar surface area (TPSA) is 79.6 Å². The molecule has 41 heavy (non-hydrogen) atoms. The van der Waals surface area contributed by atoms with Crippen LogP contribution in [-0.2, 0) is 6.54 Å². The Labute approximate surface area is 237 Å². The number of fused-ring (bicyclic) bond motifs is 1. The van der Waals surface area contributed by atoms with Gasteiger partial charge in [0.05, 0.1) is 5.52 Å². The maximum Gasteiger partial charge on any atom is 0.405 e. The number of aromatic nitrogens is 2. The summed E-state index contributed by atoms with van der Waals surface area (Å²) in [6, 6.07) is 10.7. The molecule has 0 radical (unpaired) electrons. The summed E-state index contributed by atoms with van der Waals surface area (Å²) in [5, 5.41) is 7.27. The van der Waals surface area contributed by atoms with Crippen LogP contribution in [0.2, 0.25) is 0 Å².